The molecule has 0 unspecified atom stereocenters. The SMILES string of the molecule is C.C.O=C(O)C[N-]C1C(O)C([N-]CC(=O)O)C(O)C([N-]CC(=O)O)C1O.O=C(O)C[N-]C1C(O)C([N-]CC(=O)O)C(O)C([N-]CC(=O)O)C1O.[Er].[Er].[Er]. The number of hydrogen-bond acceptors (Lipinski definition) is 12. The van der Waals surface area contributed by atoms with E-state index in [1.54, 1.807) is 0 Å². The van der Waals surface area contributed by atoms with Crippen LogP contribution < -0.4 is 0 Å². The van der Waals surface area contributed by atoms with Gasteiger partial charge in [-0.3, -0.25) is 28.8 Å². The first-order chi connectivity index (χ1) is 22.3. The standard InChI is InChI=1S/2C12H18N3O9.2CH4.3Er/c2*16-4(17)1-13-7-10(22)8(14-2-5(18)19)12(24)9(11(7)23)15-3-6(20)21;;;;;/h2*7-12,22-24H,1-3H2,(H,16,17)(H,18,19)(H,20,21);2*1H4;;;/q2*-3;;;;;. The summed E-state index contributed by atoms with van der Waals surface area (Å²) in [5, 5.41) is 134. The van der Waals surface area contributed by atoms with Gasteiger partial charge in [-0.1, -0.05) is 51.1 Å². The van der Waals surface area contributed by atoms with Gasteiger partial charge in [-0.15, -0.1) is 0 Å². The first kappa shape index (κ1) is 62.3. The molecule has 0 amide bonds. The number of hydrogen-bond donors (Lipinski definition) is 12. The predicted molar refractivity (Wildman–Crippen MR) is 167 cm³/mol. The van der Waals surface area contributed by atoms with Crippen molar-refractivity contribution in [3.8, 4) is 0 Å². The van der Waals surface area contributed by atoms with E-state index in [-0.39, 0.29) is 127 Å². The van der Waals surface area contributed by atoms with Gasteiger partial charge in [0.15, 0.2) is 0 Å². The molecule has 0 spiro atoms. The van der Waals surface area contributed by atoms with Crippen LogP contribution in [0.1, 0.15) is 14.9 Å². The van der Waals surface area contributed by atoms with Crippen molar-refractivity contribution in [2.75, 3.05) is 39.3 Å². The molecular formula is C26H44Er3N6O18-6. The van der Waals surface area contributed by atoms with E-state index in [0.29, 0.717) is 0 Å². The average Bonchev–Trinajstić information content (AvgIpc) is 2.96. The summed E-state index contributed by atoms with van der Waals surface area (Å²) in [7, 11) is 0. The fourth-order valence-electron chi connectivity index (χ4n) is 4.82. The zero-order valence-corrected chi connectivity index (χ0v) is 31.1. The van der Waals surface area contributed by atoms with E-state index in [2.05, 4.69) is 31.9 Å². The quantitative estimate of drug-likeness (QED) is 0.0631. The second kappa shape index (κ2) is 31.1. The molecule has 328 valence electrons. The summed E-state index contributed by atoms with van der Waals surface area (Å²) in [5.74, 6) is -8.01. The van der Waals surface area contributed by atoms with Crippen LogP contribution in [0.3, 0.4) is 0 Å². The summed E-state index contributed by atoms with van der Waals surface area (Å²) in [5.41, 5.74) is 0. The smallest absolute Gasteiger partial charge is 0.282 e. The van der Waals surface area contributed by atoms with E-state index in [1.165, 1.54) is 0 Å². The first-order valence-electron chi connectivity index (χ1n) is 13.7. The Morgan fingerprint density at radius 1 is 0.302 bits per heavy atom. The maximum Gasteiger partial charge on any atom is 0.282 e. The van der Waals surface area contributed by atoms with E-state index < -0.39 is 148 Å². The van der Waals surface area contributed by atoms with Crippen molar-refractivity contribution in [3.63, 3.8) is 0 Å². The number of aliphatic hydroxyl groups is 6. The summed E-state index contributed by atoms with van der Waals surface area (Å²) >= 11 is 0. The number of carboxylic acid groups (broad SMARTS) is 6. The van der Waals surface area contributed by atoms with Crippen LogP contribution in [0.15, 0.2) is 0 Å². The van der Waals surface area contributed by atoms with Crippen molar-refractivity contribution in [1.82, 2.24) is 0 Å². The monoisotopic (exact) mass is 1230 g/mol. The summed E-state index contributed by atoms with van der Waals surface area (Å²) in [6, 6.07) is -8.53. The third-order valence-electron chi connectivity index (χ3n) is 6.82. The molecule has 0 atom stereocenters. The fraction of sp³-hybridized carbons (Fsp3) is 0.769. The summed E-state index contributed by atoms with van der Waals surface area (Å²) in [4.78, 5) is 63.6. The molecule has 27 heteroatoms. The van der Waals surface area contributed by atoms with Gasteiger partial charge in [-0.25, -0.2) is 0 Å². The van der Waals surface area contributed by atoms with Crippen LogP contribution >= 0.6 is 0 Å². The van der Waals surface area contributed by atoms with Gasteiger partial charge in [0.2, 0.25) is 0 Å². The third-order valence-corrected chi connectivity index (χ3v) is 6.82. The van der Waals surface area contributed by atoms with Gasteiger partial charge in [0.1, 0.15) is 0 Å². The van der Waals surface area contributed by atoms with Crippen molar-refractivity contribution in [1.29, 1.82) is 0 Å². The van der Waals surface area contributed by atoms with Crippen molar-refractivity contribution in [2.45, 2.75) is 87.7 Å². The number of nitrogens with zero attached hydrogens (tertiary/aromatic N) is 6. The Balaban J connectivity index is -0.000000265. The molecule has 2 rings (SSSR count). The Morgan fingerprint density at radius 3 is 0.472 bits per heavy atom. The molecule has 2 saturated carbocycles. The van der Waals surface area contributed by atoms with Gasteiger partial charge < -0.3 is 93.2 Å². The number of aliphatic hydroxyl groups excluding tert-OH is 6. The van der Waals surface area contributed by atoms with Crippen LogP contribution in [-0.4, -0.2) is 209 Å². The molecule has 0 aromatic heterocycles. The molecular weight excluding hydrogens is 1190 g/mol. The second-order valence-corrected chi connectivity index (χ2v) is 10.3. The topological polar surface area (TPSA) is 430 Å². The molecule has 24 nitrogen and oxygen atoms in total. The van der Waals surface area contributed by atoms with Gasteiger partial charge >= 0.3 is 0 Å². The molecule has 0 bridgehead atoms. The Morgan fingerprint density at radius 2 is 0.396 bits per heavy atom. The largest absolute Gasteiger partial charge is 0.646 e. The van der Waals surface area contributed by atoms with E-state index in [9.17, 15) is 59.4 Å². The molecule has 0 heterocycles. The minimum atomic E-state index is -1.65. The molecule has 2 fully saturated rings. The number of carboxylic acids is 6. The number of carbonyl (C=O) groups is 6. The van der Waals surface area contributed by atoms with Crippen LogP contribution in [0.5, 0.6) is 0 Å². The van der Waals surface area contributed by atoms with Crippen LogP contribution in [0, 0.1) is 112 Å². The maximum absolute atomic E-state index is 10.6. The zero-order chi connectivity index (χ0) is 36.9. The Labute approximate surface area is 392 Å². The van der Waals surface area contributed by atoms with E-state index in [4.69, 9.17) is 30.6 Å². The number of rotatable bonds is 18. The van der Waals surface area contributed by atoms with Crippen molar-refractivity contribution < 1.29 is 202 Å². The maximum atomic E-state index is 10.6. The fourth-order valence-corrected chi connectivity index (χ4v) is 4.82. The minimum absolute atomic E-state index is 0. The first-order valence-corrected chi connectivity index (χ1v) is 13.7. The number of aliphatic carboxylic acids is 6. The van der Waals surface area contributed by atoms with Gasteiger partial charge in [-0.05, 0) is 39.3 Å². The van der Waals surface area contributed by atoms with Crippen LogP contribution in [0.4, 0.5) is 0 Å². The molecule has 12 N–H and O–H groups in total. The van der Waals surface area contributed by atoms with E-state index in [0.717, 1.165) is 0 Å². The molecule has 53 heavy (non-hydrogen) atoms. The molecule has 2 aliphatic carbocycles. The van der Waals surface area contributed by atoms with Crippen molar-refractivity contribution in [2.24, 2.45) is 0 Å². The van der Waals surface area contributed by atoms with Gasteiger partial charge in [0.05, 0.1) is 0 Å². The molecule has 0 saturated heterocycles. The van der Waals surface area contributed by atoms with E-state index >= 15 is 0 Å². The summed E-state index contributed by atoms with van der Waals surface area (Å²) in [6.07, 6.45) is -9.89. The summed E-state index contributed by atoms with van der Waals surface area (Å²) < 4.78 is 0. The van der Waals surface area contributed by atoms with Gasteiger partial charge in [0, 0.05) is 149 Å². The van der Waals surface area contributed by atoms with E-state index in [1.807, 2.05) is 0 Å². The molecule has 0 radical (unpaired) electrons. The van der Waals surface area contributed by atoms with Gasteiger partial charge in [-0.2, -0.15) is 0 Å². The Hall–Kier alpha value is 0.0803. The van der Waals surface area contributed by atoms with Crippen molar-refractivity contribution in [3.05, 3.63) is 31.9 Å². The molecule has 0 aromatic carbocycles. The Bertz CT molecular complexity index is 895. The zero-order valence-electron chi connectivity index (χ0n) is 25.5. The second-order valence-electron chi connectivity index (χ2n) is 10.3. The third kappa shape index (κ3) is 21.4. The summed E-state index contributed by atoms with van der Waals surface area (Å²) in [6.45, 7) is -4.55. The normalized spacial score (nSPS) is 30.0. The Kier molecular flexibility index (Phi) is 36.6. The molecule has 2 aliphatic rings. The minimum Gasteiger partial charge on any atom is -0.646 e. The van der Waals surface area contributed by atoms with Crippen LogP contribution in [-0.2, 0) is 28.8 Å². The van der Waals surface area contributed by atoms with Crippen molar-refractivity contribution >= 4 is 35.8 Å². The molecule has 0 aromatic rings. The van der Waals surface area contributed by atoms with Gasteiger partial charge in [0.25, 0.3) is 35.8 Å². The van der Waals surface area contributed by atoms with Crippen LogP contribution in [0.2, 0.25) is 0 Å². The predicted octanol–water partition coefficient (Wildman–Crippen LogP) is -3.60. The van der Waals surface area contributed by atoms with Crippen LogP contribution in [0.25, 0.3) is 31.9 Å². The average molecular weight is 1230 g/mol. The molecule has 0 aliphatic heterocycles.